The van der Waals surface area contributed by atoms with E-state index in [0.717, 1.165) is 12.1 Å². The summed E-state index contributed by atoms with van der Waals surface area (Å²) in [5.74, 6) is 0. The summed E-state index contributed by atoms with van der Waals surface area (Å²) in [5.41, 5.74) is -6.60. The fourth-order valence-corrected chi connectivity index (χ4v) is 1.31. The Morgan fingerprint density at radius 3 is 1.59 bits per heavy atom. The van der Waals surface area contributed by atoms with Crippen molar-refractivity contribution < 1.29 is 31.4 Å². The van der Waals surface area contributed by atoms with Gasteiger partial charge in [0.1, 0.15) is 0 Å². The first-order valence-electron chi connectivity index (χ1n) is 4.12. The van der Waals surface area contributed by atoms with Crippen molar-refractivity contribution in [2.45, 2.75) is 18.0 Å². The van der Waals surface area contributed by atoms with E-state index in [9.17, 15) is 26.3 Å². The van der Waals surface area contributed by atoms with Gasteiger partial charge in [0.15, 0.2) is 0 Å². The van der Waals surface area contributed by atoms with Crippen LogP contribution in [0.3, 0.4) is 0 Å². The van der Waals surface area contributed by atoms with Crippen molar-refractivity contribution >= 4 is 11.6 Å². The first-order valence-corrected chi connectivity index (χ1v) is 4.50. The predicted molar refractivity (Wildman–Crippen MR) is 47.5 cm³/mol. The molecule has 1 nitrogen and oxygen atoms in total. The van der Waals surface area contributed by atoms with Crippen LogP contribution in [0.2, 0.25) is 5.02 Å². The van der Waals surface area contributed by atoms with Crippen LogP contribution in [-0.4, -0.2) is 17.4 Å². The summed E-state index contributed by atoms with van der Waals surface area (Å²) in [6.45, 7) is 0. The summed E-state index contributed by atoms with van der Waals surface area (Å²) in [5, 5.41) is 8.08. The minimum Gasteiger partial charge on any atom is -0.333 e. The third kappa shape index (κ3) is 2.35. The van der Waals surface area contributed by atoms with E-state index >= 15 is 0 Å². The quantitative estimate of drug-likeness (QED) is 0.819. The zero-order chi connectivity index (χ0) is 13.5. The highest BCUT2D eigenvalue weighted by atomic mass is 35.5. The highest BCUT2D eigenvalue weighted by Crippen LogP contribution is 2.51. The largest absolute Gasteiger partial charge is 0.435 e. The Labute approximate surface area is 96.6 Å². The Morgan fingerprint density at radius 2 is 1.29 bits per heavy atom. The number of rotatable bonds is 2. The summed E-state index contributed by atoms with van der Waals surface area (Å²) in [6.07, 6.45) is -11.6. The Morgan fingerprint density at radius 1 is 0.882 bits per heavy atom. The van der Waals surface area contributed by atoms with Crippen LogP contribution in [0.1, 0.15) is 5.56 Å². The molecule has 1 aromatic rings. The van der Waals surface area contributed by atoms with E-state index in [4.69, 9.17) is 16.7 Å². The number of alkyl halides is 6. The molecule has 1 rings (SSSR count). The first-order chi connectivity index (χ1) is 7.50. The van der Waals surface area contributed by atoms with Gasteiger partial charge in [-0.05, 0) is 12.1 Å². The van der Waals surface area contributed by atoms with Gasteiger partial charge in [-0.3, -0.25) is 0 Å². The Balaban J connectivity index is 3.41. The van der Waals surface area contributed by atoms with E-state index in [0.29, 0.717) is 12.1 Å². The summed E-state index contributed by atoms with van der Waals surface area (Å²) in [4.78, 5) is 0. The molecule has 17 heavy (non-hydrogen) atoms. The smallest absolute Gasteiger partial charge is 0.333 e. The molecule has 8 heteroatoms. The molecule has 0 bridgehead atoms. The van der Waals surface area contributed by atoms with Crippen LogP contribution in [0, 0.1) is 0 Å². The average Bonchev–Trinajstić information content (AvgIpc) is 2.14. The maximum atomic E-state index is 13.5. The van der Waals surface area contributed by atoms with Gasteiger partial charge in [0, 0.05) is 10.6 Å². The molecule has 0 aromatic heterocycles. The molecule has 0 unspecified atom stereocenters. The highest BCUT2D eigenvalue weighted by Gasteiger charge is 2.72. The fraction of sp³-hybridized carbons (Fsp3) is 0.333. The van der Waals surface area contributed by atoms with Crippen LogP contribution in [-0.2, 0) is 5.67 Å². The third-order valence-electron chi connectivity index (χ3n) is 2.05. The number of aliphatic hydroxyl groups is 1. The SMILES string of the molecule is OC(F)(F)[C@](F)(c1ccc(Cl)cc1)C(F)(F)F. The third-order valence-corrected chi connectivity index (χ3v) is 2.30. The average molecular weight is 279 g/mol. The minimum absolute atomic E-state index is 0.0560. The van der Waals surface area contributed by atoms with Crippen LogP contribution in [0.5, 0.6) is 0 Å². The normalized spacial score (nSPS) is 16.7. The molecule has 1 N–H and O–H groups in total. The molecule has 0 saturated heterocycles. The minimum atomic E-state index is -5.97. The van der Waals surface area contributed by atoms with Crippen LogP contribution < -0.4 is 0 Å². The van der Waals surface area contributed by atoms with Gasteiger partial charge in [-0.1, -0.05) is 23.7 Å². The van der Waals surface area contributed by atoms with Crippen LogP contribution in [0.25, 0.3) is 0 Å². The molecule has 1 aromatic carbocycles. The summed E-state index contributed by atoms with van der Waals surface area (Å²) < 4.78 is 75.5. The molecular formula is C9H5ClF6O. The lowest BCUT2D eigenvalue weighted by atomic mass is 9.94. The van der Waals surface area contributed by atoms with E-state index in [1.807, 2.05) is 0 Å². The Bertz CT molecular complexity index is 379. The van der Waals surface area contributed by atoms with Gasteiger partial charge in [-0.25, -0.2) is 4.39 Å². The number of halogens is 7. The number of hydrogen-bond acceptors (Lipinski definition) is 1. The highest BCUT2D eigenvalue weighted by molar-refractivity contribution is 6.30. The van der Waals surface area contributed by atoms with E-state index in [2.05, 4.69) is 0 Å². The van der Waals surface area contributed by atoms with E-state index in [1.54, 1.807) is 0 Å². The molecule has 0 aliphatic carbocycles. The van der Waals surface area contributed by atoms with Crippen molar-refractivity contribution in [3.8, 4) is 0 Å². The predicted octanol–water partition coefficient (Wildman–Crippen LogP) is 3.65. The Kier molecular flexibility index (Phi) is 3.37. The topological polar surface area (TPSA) is 20.2 Å². The second kappa shape index (κ2) is 4.06. The summed E-state index contributed by atoms with van der Waals surface area (Å²) in [6, 6.07) is 2.48. The number of benzene rings is 1. The molecule has 0 saturated carbocycles. The molecule has 1 atom stereocenters. The van der Waals surface area contributed by atoms with Gasteiger partial charge >= 0.3 is 18.0 Å². The molecule has 96 valence electrons. The lowest BCUT2D eigenvalue weighted by molar-refractivity contribution is -0.375. The maximum absolute atomic E-state index is 13.5. The molecule has 0 spiro atoms. The van der Waals surface area contributed by atoms with Crippen LogP contribution >= 0.6 is 11.6 Å². The molecule has 0 fully saturated rings. The van der Waals surface area contributed by atoms with Crippen LogP contribution in [0.15, 0.2) is 24.3 Å². The standard InChI is InChI=1S/C9H5ClF6O/c10-6-3-1-5(2-4-6)7(11,8(12,13)14)9(15,16)17/h1-4,17H/t7-/m0/s1. The van der Waals surface area contributed by atoms with Gasteiger partial charge < -0.3 is 5.11 Å². The van der Waals surface area contributed by atoms with E-state index in [1.165, 1.54) is 0 Å². The van der Waals surface area contributed by atoms with E-state index in [-0.39, 0.29) is 5.02 Å². The van der Waals surface area contributed by atoms with Gasteiger partial charge in [0.25, 0.3) is 0 Å². The lowest BCUT2D eigenvalue weighted by Crippen LogP contribution is -2.52. The molecule has 0 amide bonds. The molecule has 0 aliphatic rings. The molecule has 0 radical (unpaired) electrons. The van der Waals surface area contributed by atoms with Gasteiger partial charge in [-0.15, -0.1) is 0 Å². The van der Waals surface area contributed by atoms with Crippen molar-refractivity contribution in [1.82, 2.24) is 0 Å². The lowest BCUT2D eigenvalue weighted by Gasteiger charge is -2.31. The number of hydrogen-bond donors (Lipinski definition) is 1. The summed E-state index contributed by atoms with van der Waals surface area (Å²) >= 11 is 5.34. The van der Waals surface area contributed by atoms with Crippen LogP contribution in [0.4, 0.5) is 26.3 Å². The maximum Gasteiger partial charge on any atom is 0.435 e. The van der Waals surface area contributed by atoms with Crippen molar-refractivity contribution in [3.63, 3.8) is 0 Å². The molecular weight excluding hydrogens is 274 g/mol. The van der Waals surface area contributed by atoms with Crippen molar-refractivity contribution in [2.24, 2.45) is 0 Å². The first kappa shape index (κ1) is 14.1. The molecule has 0 aliphatic heterocycles. The van der Waals surface area contributed by atoms with Crippen molar-refractivity contribution in [1.29, 1.82) is 0 Å². The zero-order valence-corrected chi connectivity index (χ0v) is 8.66. The van der Waals surface area contributed by atoms with Gasteiger partial charge in [0.05, 0.1) is 0 Å². The van der Waals surface area contributed by atoms with Gasteiger partial charge in [0.2, 0.25) is 0 Å². The monoisotopic (exact) mass is 278 g/mol. The fourth-order valence-electron chi connectivity index (χ4n) is 1.19. The van der Waals surface area contributed by atoms with Crippen molar-refractivity contribution in [3.05, 3.63) is 34.9 Å². The second-order valence-electron chi connectivity index (χ2n) is 3.20. The van der Waals surface area contributed by atoms with Gasteiger partial charge in [-0.2, -0.15) is 22.0 Å². The zero-order valence-electron chi connectivity index (χ0n) is 7.90. The van der Waals surface area contributed by atoms with E-state index < -0.39 is 23.5 Å². The van der Waals surface area contributed by atoms with Crippen molar-refractivity contribution in [2.75, 3.05) is 0 Å². The summed E-state index contributed by atoms with van der Waals surface area (Å²) in [7, 11) is 0. The Hall–Kier alpha value is -0.950. The molecule has 0 heterocycles. The second-order valence-corrected chi connectivity index (χ2v) is 3.64.